The van der Waals surface area contributed by atoms with Crippen LogP contribution in [0.25, 0.3) is 0 Å². The Kier molecular flexibility index (Phi) is 5.16. The second-order valence-electron chi connectivity index (χ2n) is 8.89. The molecule has 5 rings (SSSR count). The van der Waals surface area contributed by atoms with Crippen molar-refractivity contribution in [3.8, 4) is 17.7 Å². The van der Waals surface area contributed by atoms with Crippen LogP contribution in [-0.2, 0) is 0 Å². The topological polar surface area (TPSA) is 133 Å². The lowest BCUT2D eigenvalue weighted by molar-refractivity contribution is -0.0262. The van der Waals surface area contributed by atoms with E-state index in [0.717, 1.165) is 6.54 Å². The van der Waals surface area contributed by atoms with Crippen molar-refractivity contribution in [3.05, 3.63) is 35.2 Å². The first kappa shape index (κ1) is 20.9. The van der Waals surface area contributed by atoms with Gasteiger partial charge in [0.2, 0.25) is 11.8 Å². The Bertz CT molecular complexity index is 1080. The van der Waals surface area contributed by atoms with Crippen molar-refractivity contribution in [2.75, 3.05) is 24.3 Å². The first-order valence-electron chi connectivity index (χ1n) is 10.9. The van der Waals surface area contributed by atoms with Crippen LogP contribution < -0.4 is 15.4 Å². The molecular weight excluding hydrogens is 410 g/mol. The van der Waals surface area contributed by atoms with Gasteiger partial charge in [0, 0.05) is 30.3 Å². The highest BCUT2D eigenvalue weighted by Crippen LogP contribution is 2.56. The predicted molar refractivity (Wildman–Crippen MR) is 117 cm³/mol. The number of aromatic nitrogens is 3. The molecule has 2 aromatic rings. The fourth-order valence-electron chi connectivity index (χ4n) is 4.37. The molecule has 3 aliphatic carbocycles. The molecule has 9 heteroatoms. The molecule has 3 saturated carbocycles. The quantitative estimate of drug-likeness (QED) is 0.414. The number of ether oxygens (including phenoxy) is 1. The van der Waals surface area contributed by atoms with E-state index < -0.39 is 23.9 Å². The molecule has 0 amide bonds. The van der Waals surface area contributed by atoms with E-state index in [1.807, 2.05) is 13.0 Å². The Balaban J connectivity index is 1.43. The van der Waals surface area contributed by atoms with E-state index >= 15 is 0 Å². The number of aliphatic hydroxyl groups is 3. The van der Waals surface area contributed by atoms with Gasteiger partial charge in [-0.25, -0.2) is 9.97 Å². The summed E-state index contributed by atoms with van der Waals surface area (Å²) in [6.45, 7) is 2.69. The van der Waals surface area contributed by atoms with E-state index in [1.54, 1.807) is 19.4 Å². The van der Waals surface area contributed by atoms with Gasteiger partial charge in [-0.3, -0.25) is 0 Å². The van der Waals surface area contributed by atoms with Crippen molar-refractivity contribution in [1.29, 1.82) is 0 Å². The second-order valence-corrected chi connectivity index (χ2v) is 8.89. The van der Waals surface area contributed by atoms with Crippen molar-refractivity contribution < 1.29 is 20.1 Å². The van der Waals surface area contributed by atoms with Gasteiger partial charge < -0.3 is 30.7 Å². The largest absolute Gasteiger partial charge is 0.481 e. The molecule has 0 aromatic carbocycles. The molecule has 0 spiro atoms. The van der Waals surface area contributed by atoms with Crippen LogP contribution in [0.5, 0.6) is 5.88 Å². The molecule has 0 bridgehead atoms. The minimum Gasteiger partial charge on any atom is -0.481 e. The average Bonchev–Trinajstić information content (AvgIpc) is 3.68. The molecule has 2 heterocycles. The number of pyridine rings is 1. The van der Waals surface area contributed by atoms with Gasteiger partial charge in [0.25, 0.3) is 0 Å². The summed E-state index contributed by atoms with van der Waals surface area (Å²) in [6, 6.07) is 3.12. The SMILES string of the molecule is COc1ccc(C#Cc2c(C)nc(NCC3CC3)nc2N[C@@H]2C[C@@H]3C(O)[C@]3(O)[C@H]2O)cn1. The fourth-order valence-corrected chi connectivity index (χ4v) is 4.37. The van der Waals surface area contributed by atoms with Crippen LogP contribution in [0.3, 0.4) is 0 Å². The van der Waals surface area contributed by atoms with Gasteiger partial charge >= 0.3 is 0 Å². The Morgan fingerprint density at radius 1 is 1.19 bits per heavy atom. The van der Waals surface area contributed by atoms with Gasteiger partial charge in [0.1, 0.15) is 17.5 Å². The summed E-state index contributed by atoms with van der Waals surface area (Å²) < 4.78 is 5.08. The molecular formula is C23H27N5O4. The third-order valence-corrected chi connectivity index (χ3v) is 6.64. The van der Waals surface area contributed by atoms with Gasteiger partial charge in [-0.1, -0.05) is 11.8 Å². The molecule has 2 aromatic heterocycles. The van der Waals surface area contributed by atoms with Crippen LogP contribution in [0.15, 0.2) is 18.3 Å². The number of hydrogen-bond donors (Lipinski definition) is 5. The van der Waals surface area contributed by atoms with Crippen molar-refractivity contribution in [2.45, 2.75) is 50.0 Å². The van der Waals surface area contributed by atoms with Crippen LogP contribution in [0, 0.1) is 30.6 Å². The lowest BCUT2D eigenvalue weighted by Gasteiger charge is -2.24. The minimum atomic E-state index is -1.44. The van der Waals surface area contributed by atoms with Crippen LogP contribution in [0.2, 0.25) is 0 Å². The maximum atomic E-state index is 10.6. The summed E-state index contributed by atoms with van der Waals surface area (Å²) >= 11 is 0. The van der Waals surface area contributed by atoms with Crippen LogP contribution in [0.1, 0.15) is 36.1 Å². The summed E-state index contributed by atoms with van der Waals surface area (Å²) in [5.74, 6) is 8.06. The Morgan fingerprint density at radius 3 is 2.62 bits per heavy atom. The van der Waals surface area contributed by atoms with Crippen LogP contribution in [-0.4, -0.2) is 67.8 Å². The first-order valence-corrected chi connectivity index (χ1v) is 10.9. The molecule has 0 aliphatic heterocycles. The maximum absolute atomic E-state index is 10.6. The monoisotopic (exact) mass is 437 g/mol. The van der Waals surface area contributed by atoms with Gasteiger partial charge in [-0.15, -0.1) is 0 Å². The van der Waals surface area contributed by atoms with Gasteiger partial charge in [0.15, 0.2) is 0 Å². The number of anilines is 2. The Morgan fingerprint density at radius 2 is 2.00 bits per heavy atom. The molecule has 0 radical (unpaired) electrons. The molecule has 9 nitrogen and oxygen atoms in total. The lowest BCUT2D eigenvalue weighted by atomic mass is 10.1. The summed E-state index contributed by atoms with van der Waals surface area (Å²) in [7, 11) is 1.56. The first-order chi connectivity index (χ1) is 15.4. The third-order valence-electron chi connectivity index (χ3n) is 6.64. The van der Waals surface area contributed by atoms with E-state index in [-0.39, 0.29) is 5.92 Å². The maximum Gasteiger partial charge on any atom is 0.224 e. The van der Waals surface area contributed by atoms with E-state index in [4.69, 9.17) is 4.74 Å². The number of hydrogen-bond acceptors (Lipinski definition) is 9. The summed E-state index contributed by atoms with van der Waals surface area (Å²) in [5, 5.41) is 37.4. The fraction of sp³-hybridized carbons (Fsp3) is 0.522. The van der Waals surface area contributed by atoms with Crippen molar-refractivity contribution >= 4 is 11.8 Å². The van der Waals surface area contributed by atoms with E-state index in [0.29, 0.717) is 46.8 Å². The molecule has 3 aliphatic rings. The van der Waals surface area contributed by atoms with E-state index in [9.17, 15) is 15.3 Å². The smallest absolute Gasteiger partial charge is 0.224 e. The molecule has 5 atom stereocenters. The van der Waals surface area contributed by atoms with Gasteiger partial charge in [0.05, 0.1) is 30.5 Å². The van der Waals surface area contributed by atoms with Crippen molar-refractivity contribution in [1.82, 2.24) is 15.0 Å². The number of fused-ring (bicyclic) bond motifs is 1. The Hall–Kier alpha value is -2.93. The molecule has 32 heavy (non-hydrogen) atoms. The highest BCUT2D eigenvalue weighted by molar-refractivity contribution is 5.61. The number of aliphatic hydroxyl groups excluding tert-OH is 2. The molecule has 5 N–H and O–H groups in total. The molecule has 3 fully saturated rings. The zero-order valence-corrected chi connectivity index (χ0v) is 18.0. The average molecular weight is 438 g/mol. The van der Waals surface area contributed by atoms with E-state index in [1.165, 1.54) is 12.8 Å². The van der Waals surface area contributed by atoms with E-state index in [2.05, 4.69) is 37.4 Å². The van der Waals surface area contributed by atoms with Crippen molar-refractivity contribution in [2.24, 2.45) is 11.8 Å². The minimum absolute atomic E-state index is 0.328. The Labute approximate surface area is 186 Å². The second kappa shape index (κ2) is 7.89. The third kappa shape index (κ3) is 3.75. The molecule has 168 valence electrons. The number of methoxy groups -OCH3 is 1. The highest BCUT2D eigenvalue weighted by Gasteiger charge is 2.74. The van der Waals surface area contributed by atoms with Crippen LogP contribution in [0.4, 0.5) is 11.8 Å². The summed E-state index contributed by atoms with van der Waals surface area (Å²) in [4.78, 5) is 13.4. The normalized spacial score (nSPS) is 30.2. The zero-order valence-electron chi connectivity index (χ0n) is 18.0. The molecule has 1 unspecified atom stereocenters. The standard InChI is InChI=1S/C23H27N5O4/c1-12-15(7-5-14-6-8-18(32-2)24-10-14)21(28-22(26-12)25-11-13-3-4-13)27-17-9-16-19(29)23(16,31)20(17)30/h6,8,10,13,16-17,19-20,29-31H,3-4,9,11H2,1-2H3,(H2,25,26,27,28)/t16-,17-,19?,20+,23+/m1/s1. The number of rotatable bonds is 6. The number of nitrogens with one attached hydrogen (secondary N) is 2. The predicted octanol–water partition coefficient (Wildman–Crippen LogP) is 0.677. The van der Waals surface area contributed by atoms with Crippen molar-refractivity contribution in [3.63, 3.8) is 0 Å². The lowest BCUT2D eigenvalue weighted by Crippen LogP contribution is -2.42. The molecule has 0 saturated heterocycles. The van der Waals surface area contributed by atoms with Gasteiger partial charge in [-0.05, 0) is 38.2 Å². The summed E-state index contributed by atoms with van der Waals surface area (Å²) in [6.07, 6.45) is 2.54. The number of nitrogens with zero attached hydrogens (tertiary/aromatic N) is 3. The van der Waals surface area contributed by atoms with Crippen LogP contribution >= 0.6 is 0 Å². The van der Waals surface area contributed by atoms with Gasteiger partial charge in [-0.2, -0.15) is 4.98 Å². The summed E-state index contributed by atoms with van der Waals surface area (Å²) in [5.41, 5.74) is 0.587. The zero-order chi connectivity index (χ0) is 22.5. The number of aryl methyl sites for hydroxylation is 1. The highest BCUT2D eigenvalue weighted by atomic mass is 16.5.